The number of amides is 1. The maximum atomic E-state index is 12.5. The van der Waals surface area contributed by atoms with Gasteiger partial charge >= 0.3 is 0 Å². The fraction of sp³-hybridized carbons (Fsp3) is 0.476. The van der Waals surface area contributed by atoms with Crippen molar-refractivity contribution in [2.75, 3.05) is 43.1 Å². The van der Waals surface area contributed by atoms with Crippen molar-refractivity contribution in [3.8, 4) is 5.75 Å². The molecular formula is C21H29N5O2. The summed E-state index contributed by atoms with van der Waals surface area (Å²) in [5.74, 6) is 1.35. The Kier molecular flexibility index (Phi) is 6.34. The molecule has 1 saturated heterocycles. The molecule has 0 saturated carbocycles. The summed E-state index contributed by atoms with van der Waals surface area (Å²) in [6.45, 7) is 9.30. The molecule has 7 nitrogen and oxygen atoms in total. The number of piperazine rings is 1. The Labute approximate surface area is 166 Å². The number of carbonyl (C=O) groups excluding carboxylic acids is 1. The predicted molar refractivity (Wildman–Crippen MR) is 111 cm³/mol. The maximum Gasteiger partial charge on any atom is 0.270 e. The van der Waals surface area contributed by atoms with E-state index in [1.807, 2.05) is 32.9 Å². The monoisotopic (exact) mass is 383 g/mol. The second-order valence-corrected chi connectivity index (χ2v) is 7.15. The Morgan fingerprint density at radius 1 is 1.14 bits per heavy atom. The van der Waals surface area contributed by atoms with E-state index in [4.69, 9.17) is 4.74 Å². The minimum atomic E-state index is -0.141. The third-order valence-corrected chi connectivity index (χ3v) is 5.06. The van der Waals surface area contributed by atoms with Gasteiger partial charge in [0.05, 0.1) is 7.11 Å². The molecule has 7 heteroatoms. The topological polar surface area (TPSA) is 70.6 Å². The molecule has 1 aromatic heterocycles. The van der Waals surface area contributed by atoms with E-state index in [2.05, 4.69) is 37.2 Å². The Morgan fingerprint density at radius 2 is 1.79 bits per heavy atom. The maximum absolute atomic E-state index is 12.5. The quantitative estimate of drug-likeness (QED) is 0.827. The van der Waals surface area contributed by atoms with Gasteiger partial charge in [-0.15, -0.1) is 0 Å². The smallest absolute Gasteiger partial charge is 0.270 e. The number of methoxy groups -OCH3 is 1. The zero-order chi connectivity index (χ0) is 20.1. The summed E-state index contributed by atoms with van der Waals surface area (Å²) in [5, 5.41) is 2.97. The van der Waals surface area contributed by atoms with Crippen LogP contribution in [-0.4, -0.2) is 55.2 Å². The summed E-state index contributed by atoms with van der Waals surface area (Å²) in [6.07, 6.45) is 0.885. The van der Waals surface area contributed by atoms with Crippen LogP contribution < -0.4 is 19.9 Å². The summed E-state index contributed by atoms with van der Waals surface area (Å²) in [6, 6.07) is 9.99. The van der Waals surface area contributed by atoms with Crippen LogP contribution >= 0.6 is 0 Å². The first-order chi connectivity index (χ1) is 13.5. The van der Waals surface area contributed by atoms with Crippen LogP contribution in [0.3, 0.4) is 0 Å². The predicted octanol–water partition coefficient (Wildman–Crippen LogP) is 2.65. The number of aryl methyl sites for hydroxylation is 1. The highest BCUT2D eigenvalue weighted by Crippen LogP contribution is 2.22. The number of aromatic nitrogens is 2. The van der Waals surface area contributed by atoms with Gasteiger partial charge in [-0.3, -0.25) is 4.79 Å². The number of anilines is 2. The van der Waals surface area contributed by atoms with Gasteiger partial charge in [0.15, 0.2) is 0 Å². The molecule has 1 aliphatic rings. The van der Waals surface area contributed by atoms with Crippen LogP contribution in [0.2, 0.25) is 0 Å². The molecule has 0 spiro atoms. The lowest BCUT2D eigenvalue weighted by atomic mass is 10.2. The van der Waals surface area contributed by atoms with E-state index in [-0.39, 0.29) is 11.9 Å². The molecule has 1 amide bonds. The van der Waals surface area contributed by atoms with E-state index in [1.54, 1.807) is 13.2 Å². The molecule has 28 heavy (non-hydrogen) atoms. The average Bonchev–Trinajstić information content (AvgIpc) is 2.73. The van der Waals surface area contributed by atoms with Crippen molar-refractivity contribution < 1.29 is 9.53 Å². The zero-order valence-corrected chi connectivity index (χ0v) is 17.1. The summed E-state index contributed by atoms with van der Waals surface area (Å²) in [7, 11) is 1.67. The first kappa shape index (κ1) is 19.9. The molecule has 2 aromatic rings. The number of ether oxygens (including phenoxy) is 1. The zero-order valence-electron chi connectivity index (χ0n) is 17.1. The minimum Gasteiger partial charge on any atom is -0.497 e. The fourth-order valence-electron chi connectivity index (χ4n) is 3.17. The SMILES string of the molecule is CCC(C)NC(=O)c1cc(C)nc(N2CCN(c3ccc(OC)cc3)CC2)n1. The second-order valence-electron chi connectivity index (χ2n) is 7.15. The summed E-state index contributed by atoms with van der Waals surface area (Å²) >= 11 is 0. The van der Waals surface area contributed by atoms with Crippen molar-refractivity contribution in [1.29, 1.82) is 0 Å². The van der Waals surface area contributed by atoms with Gasteiger partial charge in [-0.25, -0.2) is 9.97 Å². The second kappa shape index (κ2) is 8.91. The highest BCUT2D eigenvalue weighted by atomic mass is 16.5. The molecule has 0 aliphatic carbocycles. The van der Waals surface area contributed by atoms with Crippen molar-refractivity contribution >= 4 is 17.5 Å². The molecule has 1 fully saturated rings. The Hall–Kier alpha value is -2.83. The Morgan fingerprint density at radius 3 is 2.39 bits per heavy atom. The average molecular weight is 383 g/mol. The lowest BCUT2D eigenvalue weighted by molar-refractivity contribution is 0.0934. The van der Waals surface area contributed by atoms with E-state index in [0.29, 0.717) is 11.6 Å². The van der Waals surface area contributed by atoms with Gasteiger partial charge < -0.3 is 19.9 Å². The van der Waals surface area contributed by atoms with Crippen LogP contribution in [0.4, 0.5) is 11.6 Å². The first-order valence-corrected chi connectivity index (χ1v) is 9.80. The molecule has 0 bridgehead atoms. The van der Waals surface area contributed by atoms with Crippen LogP contribution in [0, 0.1) is 6.92 Å². The molecular weight excluding hydrogens is 354 g/mol. The number of benzene rings is 1. The number of nitrogens with one attached hydrogen (secondary N) is 1. The normalized spacial score (nSPS) is 15.3. The number of hydrogen-bond donors (Lipinski definition) is 1. The minimum absolute atomic E-state index is 0.124. The molecule has 1 aromatic carbocycles. The van der Waals surface area contributed by atoms with Crippen LogP contribution in [0.25, 0.3) is 0 Å². The molecule has 1 N–H and O–H groups in total. The molecule has 1 atom stereocenters. The number of carbonyl (C=O) groups is 1. The lowest BCUT2D eigenvalue weighted by Gasteiger charge is -2.36. The van der Waals surface area contributed by atoms with Gasteiger partial charge in [0.25, 0.3) is 5.91 Å². The Bertz CT molecular complexity index is 801. The van der Waals surface area contributed by atoms with Gasteiger partial charge in [0.2, 0.25) is 5.95 Å². The van der Waals surface area contributed by atoms with Crippen LogP contribution in [0.15, 0.2) is 30.3 Å². The summed E-state index contributed by atoms with van der Waals surface area (Å²) < 4.78 is 5.23. The van der Waals surface area contributed by atoms with Crippen LogP contribution in [0.1, 0.15) is 36.5 Å². The van der Waals surface area contributed by atoms with Crippen molar-refractivity contribution in [2.24, 2.45) is 0 Å². The summed E-state index contributed by atoms with van der Waals surface area (Å²) in [4.78, 5) is 26.0. The molecule has 0 radical (unpaired) electrons. The van der Waals surface area contributed by atoms with Crippen molar-refractivity contribution in [3.63, 3.8) is 0 Å². The Balaban J connectivity index is 1.67. The molecule has 1 unspecified atom stereocenters. The molecule has 150 valence electrons. The highest BCUT2D eigenvalue weighted by Gasteiger charge is 2.21. The van der Waals surface area contributed by atoms with E-state index < -0.39 is 0 Å². The van der Waals surface area contributed by atoms with Gasteiger partial charge in [-0.1, -0.05) is 6.92 Å². The van der Waals surface area contributed by atoms with Gasteiger partial charge in [-0.05, 0) is 50.6 Å². The van der Waals surface area contributed by atoms with Crippen molar-refractivity contribution in [3.05, 3.63) is 41.7 Å². The van der Waals surface area contributed by atoms with Crippen LogP contribution in [0.5, 0.6) is 5.75 Å². The molecule has 3 rings (SSSR count). The standard InChI is InChI=1S/C21H29N5O2/c1-5-15(2)22-20(27)19-14-16(3)23-21(24-19)26-12-10-25(11-13-26)17-6-8-18(28-4)9-7-17/h6-9,14-15H,5,10-13H2,1-4H3,(H,22,27). The summed E-state index contributed by atoms with van der Waals surface area (Å²) in [5.41, 5.74) is 2.41. The number of hydrogen-bond acceptors (Lipinski definition) is 6. The molecule has 1 aliphatic heterocycles. The fourth-order valence-corrected chi connectivity index (χ4v) is 3.17. The van der Waals surface area contributed by atoms with E-state index in [0.717, 1.165) is 44.0 Å². The van der Waals surface area contributed by atoms with Crippen molar-refractivity contribution in [2.45, 2.75) is 33.2 Å². The van der Waals surface area contributed by atoms with Crippen LogP contribution in [-0.2, 0) is 0 Å². The third kappa shape index (κ3) is 4.71. The highest BCUT2D eigenvalue weighted by molar-refractivity contribution is 5.92. The van der Waals surface area contributed by atoms with E-state index in [1.165, 1.54) is 5.69 Å². The first-order valence-electron chi connectivity index (χ1n) is 9.80. The number of rotatable bonds is 6. The van der Waals surface area contributed by atoms with Gasteiger partial charge in [-0.2, -0.15) is 0 Å². The van der Waals surface area contributed by atoms with E-state index in [9.17, 15) is 4.79 Å². The van der Waals surface area contributed by atoms with Gasteiger partial charge in [0, 0.05) is 43.6 Å². The van der Waals surface area contributed by atoms with Crippen molar-refractivity contribution in [1.82, 2.24) is 15.3 Å². The number of nitrogens with zero attached hydrogens (tertiary/aromatic N) is 4. The third-order valence-electron chi connectivity index (χ3n) is 5.06. The van der Waals surface area contributed by atoms with Gasteiger partial charge in [0.1, 0.15) is 11.4 Å². The van der Waals surface area contributed by atoms with E-state index >= 15 is 0 Å². The largest absolute Gasteiger partial charge is 0.497 e. The lowest BCUT2D eigenvalue weighted by Crippen LogP contribution is -2.47. The molecule has 2 heterocycles.